The number of benzene rings is 2. The number of amides is 3. The minimum Gasteiger partial charge on any atom is -0.383 e. The lowest BCUT2D eigenvalue weighted by Gasteiger charge is -2.44. The molecule has 1 spiro atoms. The number of hydrogen-bond donors (Lipinski definition) is 0. The molecule has 2 heterocycles. The Morgan fingerprint density at radius 2 is 1.56 bits per heavy atom. The summed E-state index contributed by atoms with van der Waals surface area (Å²) in [6.07, 6.45) is 3.51. The first-order valence-electron chi connectivity index (χ1n) is 11.6. The molecule has 0 aromatic heterocycles. The van der Waals surface area contributed by atoms with E-state index in [1.807, 2.05) is 35.2 Å². The number of likely N-dealkylation sites (tertiary alicyclic amines) is 1. The number of piperidine rings is 1. The minimum absolute atomic E-state index is 0.0511. The molecule has 0 unspecified atom stereocenters. The van der Waals surface area contributed by atoms with Gasteiger partial charge in [0.2, 0.25) is 0 Å². The number of carbonyl (C=O) groups is 2. The van der Waals surface area contributed by atoms with Gasteiger partial charge >= 0.3 is 6.03 Å². The van der Waals surface area contributed by atoms with Gasteiger partial charge < -0.3 is 9.64 Å². The molecular formula is C26H31N3O3. The fourth-order valence-electron chi connectivity index (χ4n) is 5.68. The van der Waals surface area contributed by atoms with Crippen molar-refractivity contribution in [1.82, 2.24) is 14.7 Å². The summed E-state index contributed by atoms with van der Waals surface area (Å²) in [6, 6.07) is 19.0. The van der Waals surface area contributed by atoms with E-state index in [1.165, 1.54) is 16.0 Å². The van der Waals surface area contributed by atoms with Gasteiger partial charge in [-0.25, -0.2) is 4.79 Å². The smallest absolute Gasteiger partial charge is 0.328 e. The van der Waals surface area contributed by atoms with Gasteiger partial charge in [0.05, 0.1) is 13.2 Å². The topological polar surface area (TPSA) is 53.1 Å². The Kier molecular flexibility index (Phi) is 5.74. The van der Waals surface area contributed by atoms with Gasteiger partial charge in [-0.1, -0.05) is 54.6 Å². The van der Waals surface area contributed by atoms with Crippen molar-refractivity contribution in [2.24, 2.45) is 0 Å². The summed E-state index contributed by atoms with van der Waals surface area (Å²) in [5.74, 6) is -0.0511. The van der Waals surface area contributed by atoms with Crippen LogP contribution in [0.1, 0.15) is 29.5 Å². The average Bonchev–Trinajstić information content (AvgIpc) is 3.34. The second-order valence-corrected chi connectivity index (χ2v) is 9.20. The molecule has 1 aliphatic carbocycles. The largest absolute Gasteiger partial charge is 0.383 e. The van der Waals surface area contributed by atoms with Crippen LogP contribution < -0.4 is 0 Å². The third-order valence-electron chi connectivity index (χ3n) is 7.50. The normalized spacial score (nSPS) is 21.0. The van der Waals surface area contributed by atoms with E-state index in [0.717, 1.165) is 31.5 Å². The summed E-state index contributed by atoms with van der Waals surface area (Å²) in [5.41, 5.74) is 3.20. The van der Waals surface area contributed by atoms with E-state index in [2.05, 4.69) is 29.2 Å². The molecule has 0 radical (unpaired) electrons. The molecule has 2 aromatic carbocycles. The molecule has 0 N–H and O–H groups in total. The SMILES string of the molecule is COCCN1C(=O)N(Cc2ccccc2)C2(CCN(C3Cc4ccccc4C3)CC2)C1=O. The third kappa shape index (κ3) is 3.61. The van der Waals surface area contributed by atoms with Gasteiger partial charge in [-0.2, -0.15) is 0 Å². The Hall–Kier alpha value is -2.70. The van der Waals surface area contributed by atoms with Crippen LogP contribution in [0.5, 0.6) is 0 Å². The van der Waals surface area contributed by atoms with Gasteiger partial charge in [-0.3, -0.25) is 14.6 Å². The van der Waals surface area contributed by atoms with Gasteiger partial charge in [0.15, 0.2) is 0 Å². The molecule has 6 nitrogen and oxygen atoms in total. The quantitative estimate of drug-likeness (QED) is 0.657. The monoisotopic (exact) mass is 433 g/mol. The van der Waals surface area contributed by atoms with Gasteiger partial charge in [-0.15, -0.1) is 0 Å². The second kappa shape index (κ2) is 8.68. The van der Waals surface area contributed by atoms with Gasteiger partial charge in [0, 0.05) is 32.8 Å². The molecular weight excluding hydrogens is 402 g/mol. The maximum atomic E-state index is 13.6. The summed E-state index contributed by atoms with van der Waals surface area (Å²) in [5, 5.41) is 0. The molecule has 3 amide bonds. The maximum absolute atomic E-state index is 13.6. The lowest BCUT2D eigenvalue weighted by molar-refractivity contribution is -0.136. The Morgan fingerprint density at radius 1 is 0.938 bits per heavy atom. The van der Waals surface area contributed by atoms with Crippen molar-refractivity contribution in [3.8, 4) is 0 Å². The Labute approximate surface area is 189 Å². The van der Waals surface area contributed by atoms with E-state index in [4.69, 9.17) is 4.74 Å². The first-order valence-corrected chi connectivity index (χ1v) is 11.6. The molecule has 0 saturated carbocycles. The lowest BCUT2D eigenvalue weighted by Crippen LogP contribution is -2.57. The van der Waals surface area contributed by atoms with E-state index in [1.54, 1.807) is 7.11 Å². The Morgan fingerprint density at radius 3 is 2.19 bits per heavy atom. The van der Waals surface area contributed by atoms with E-state index in [-0.39, 0.29) is 11.9 Å². The highest BCUT2D eigenvalue weighted by Gasteiger charge is 2.58. The summed E-state index contributed by atoms with van der Waals surface area (Å²) in [7, 11) is 1.60. The first kappa shape index (κ1) is 21.2. The van der Waals surface area contributed by atoms with Crippen molar-refractivity contribution < 1.29 is 14.3 Å². The molecule has 2 aliphatic heterocycles. The molecule has 0 bridgehead atoms. The highest BCUT2D eigenvalue weighted by molar-refractivity contribution is 6.07. The zero-order chi connectivity index (χ0) is 22.1. The number of ether oxygens (including phenoxy) is 1. The van der Waals surface area contributed by atoms with Gasteiger partial charge in [-0.05, 0) is 42.4 Å². The number of nitrogens with zero attached hydrogens (tertiary/aromatic N) is 3. The second-order valence-electron chi connectivity index (χ2n) is 9.20. The van der Waals surface area contributed by atoms with Crippen LogP contribution in [0.4, 0.5) is 4.79 Å². The summed E-state index contributed by atoms with van der Waals surface area (Å²) >= 11 is 0. The number of methoxy groups -OCH3 is 1. The number of fused-ring (bicyclic) bond motifs is 1. The highest BCUT2D eigenvalue weighted by atomic mass is 16.5. The predicted molar refractivity (Wildman–Crippen MR) is 122 cm³/mol. The third-order valence-corrected chi connectivity index (χ3v) is 7.50. The Bertz CT molecular complexity index is 960. The first-order chi connectivity index (χ1) is 15.6. The summed E-state index contributed by atoms with van der Waals surface area (Å²) < 4.78 is 5.17. The molecule has 168 valence electrons. The van der Waals surface area contributed by atoms with Crippen molar-refractivity contribution >= 4 is 11.9 Å². The zero-order valence-electron chi connectivity index (χ0n) is 18.7. The molecule has 2 aromatic rings. The van der Waals surface area contributed by atoms with Crippen molar-refractivity contribution in [2.75, 3.05) is 33.4 Å². The summed E-state index contributed by atoms with van der Waals surface area (Å²) in [4.78, 5) is 32.7. The summed E-state index contributed by atoms with van der Waals surface area (Å²) in [6.45, 7) is 2.80. The van der Waals surface area contributed by atoms with Crippen molar-refractivity contribution in [3.05, 3.63) is 71.3 Å². The van der Waals surface area contributed by atoms with Gasteiger partial charge in [0.1, 0.15) is 5.54 Å². The zero-order valence-corrected chi connectivity index (χ0v) is 18.7. The minimum atomic E-state index is -0.747. The van der Waals surface area contributed by atoms with Crippen LogP contribution in [-0.2, 0) is 28.9 Å². The molecule has 2 fully saturated rings. The van der Waals surface area contributed by atoms with Crippen LogP contribution >= 0.6 is 0 Å². The van der Waals surface area contributed by atoms with E-state index >= 15 is 0 Å². The molecule has 3 aliphatic rings. The molecule has 5 rings (SSSR count). The van der Waals surface area contributed by atoms with E-state index in [0.29, 0.717) is 38.6 Å². The standard InChI is InChI=1S/C26H31N3O3/c1-32-16-15-28-24(30)26(29(25(28)31)19-20-7-3-2-4-8-20)11-13-27(14-12-26)23-17-21-9-5-6-10-22(21)18-23/h2-10,23H,11-19H2,1H3. The van der Waals surface area contributed by atoms with Crippen LogP contribution in [0.2, 0.25) is 0 Å². The van der Waals surface area contributed by atoms with Crippen LogP contribution in [0.3, 0.4) is 0 Å². The van der Waals surface area contributed by atoms with Crippen LogP contribution in [0, 0.1) is 0 Å². The molecule has 6 heteroatoms. The number of imide groups is 1. The van der Waals surface area contributed by atoms with E-state index in [9.17, 15) is 9.59 Å². The number of hydrogen-bond acceptors (Lipinski definition) is 4. The van der Waals surface area contributed by atoms with Crippen molar-refractivity contribution in [2.45, 2.75) is 43.8 Å². The van der Waals surface area contributed by atoms with Crippen LogP contribution in [0.15, 0.2) is 54.6 Å². The average molecular weight is 434 g/mol. The Balaban J connectivity index is 1.35. The number of carbonyl (C=O) groups excluding carboxylic acids is 2. The fourth-order valence-corrected chi connectivity index (χ4v) is 5.68. The number of urea groups is 1. The molecule has 0 atom stereocenters. The van der Waals surface area contributed by atoms with Crippen LogP contribution in [-0.4, -0.2) is 71.6 Å². The maximum Gasteiger partial charge on any atom is 0.328 e. The van der Waals surface area contributed by atoms with Crippen molar-refractivity contribution in [3.63, 3.8) is 0 Å². The van der Waals surface area contributed by atoms with Crippen LogP contribution in [0.25, 0.3) is 0 Å². The lowest BCUT2D eigenvalue weighted by atomic mass is 9.84. The van der Waals surface area contributed by atoms with Crippen molar-refractivity contribution in [1.29, 1.82) is 0 Å². The number of rotatable bonds is 6. The van der Waals surface area contributed by atoms with E-state index < -0.39 is 5.54 Å². The molecule has 2 saturated heterocycles. The fraction of sp³-hybridized carbons (Fsp3) is 0.462. The molecule has 32 heavy (non-hydrogen) atoms. The predicted octanol–water partition coefficient (Wildman–Crippen LogP) is 3.10. The van der Waals surface area contributed by atoms with Gasteiger partial charge in [0.25, 0.3) is 5.91 Å². The highest BCUT2D eigenvalue weighted by Crippen LogP contribution is 2.40.